The number of hydrogen-bond donors (Lipinski definition) is 5. The Morgan fingerprint density at radius 1 is 1.16 bits per heavy atom. The summed E-state index contributed by atoms with van der Waals surface area (Å²) in [4.78, 5) is 1.84. The van der Waals surface area contributed by atoms with Crippen molar-refractivity contribution >= 4 is 17.3 Å². The molecule has 1 saturated heterocycles. The van der Waals surface area contributed by atoms with Crippen LogP contribution in [-0.2, 0) is 4.74 Å². The third kappa shape index (κ3) is 3.74. The van der Waals surface area contributed by atoms with Crippen LogP contribution in [-0.4, -0.2) is 80.8 Å². The molecule has 7 nitrogen and oxygen atoms in total. The predicted molar refractivity (Wildman–Crippen MR) is 72.4 cm³/mol. The van der Waals surface area contributed by atoms with Gasteiger partial charge in [-0.1, -0.05) is 0 Å². The van der Waals surface area contributed by atoms with Crippen molar-refractivity contribution < 1.29 is 25.2 Å². The van der Waals surface area contributed by atoms with E-state index in [0.717, 1.165) is 0 Å². The zero-order chi connectivity index (χ0) is 14.6. The fourth-order valence-corrected chi connectivity index (χ4v) is 2.32. The molecule has 0 bridgehead atoms. The van der Waals surface area contributed by atoms with Crippen LogP contribution < -0.4 is 5.32 Å². The number of hydrogen-bond acceptors (Lipinski definition) is 6. The molecule has 5 N–H and O–H groups in total. The van der Waals surface area contributed by atoms with Gasteiger partial charge in [0.2, 0.25) is 0 Å². The van der Waals surface area contributed by atoms with Crippen molar-refractivity contribution in [3.8, 4) is 0 Å². The molecule has 1 rings (SSSR count). The molecule has 112 valence electrons. The van der Waals surface area contributed by atoms with Gasteiger partial charge in [-0.15, -0.1) is 0 Å². The van der Waals surface area contributed by atoms with Crippen LogP contribution >= 0.6 is 12.2 Å². The van der Waals surface area contributed by atoms with Gasteiger partial charge >= 0.3 is 0 Å². The first kappa shape index (κ1) is 16.5. The number of nitrogens with zero attached hydrogens (tertiary/aromatic N) is 1. The maximum atomic E-state index is 9.84. The molecule has 1 aliphatic heterocycles. The maximum absolute atomic E-state index is 9.84. The van der Waals surface area contributed by atoms with Crippen LogP contribution in [0.3, 0.4) is 0 Å². The Balaban J connectivity index is 2.69. The van der Waals surface area contributed by atoms with Crippen LogP contribution in [0.25, 0.3) is 0 Å². The topological polar surface area (TPSA) is 105 Å². The molecule has 5 atom stereocenters. The molecule has 0 saturated carbocycles. The van der Waals surface area contributed by atoms with Gasteiger partial charge < -0.3 is 35.4 Å². The molecule has 0 amide bonds. The van der Waals surface area contributed by atoms with E-state index in [1.54, 1.807) is 0 Å². The molecule has 0 aromatic carbocycles. The van der Waals surface area contributed by atoms with E-state index in [4.69, 9.17) is 22.1 Å². The fourth-order valence-electron chi connectivity index (χ4n) is 1.94. The first-order valence-electron chi connectivity index (χ1n) is 6.32. The van der Waals surface area contributed by atoms with Gasteiger partial charge in [0.15, 0.2) is 11.3 Å². The quantitative estimate of drug-likeness (QED) is 0.379. The van der Waals surface area contributed by atoms with E-state index in [0.29, 0.717) is 18.2 Å². The molecular formula is C11H22N2O5S. The van der Waals surface area contributed by atoms with Crippen molar-refractivity contribution in [1.82, 2.24) is 10.2 Å². The molecule has 0 aliphatic carbocycles. The summed E-state index contributed by atoms with van der Waals surface area (Å²) in [6.07, 6.45) is -5.99. The normalized spacial score (nSPS) is 34.9. The number of nitrogens with one attached hydrogen (secondary N) is 1. The minimum atomic E-state index is -1.40. The molecule has 0 radical (unpaired) electrons. The van der Waals surface area contributed by atoms with Crippen molar-refractivity contribution in [2.75, 3.05) is 19.7 Å². The fraction of sp³-hybridized carbons (Fsp3) is 0.909. The number of aliphatic hydroxyl groups is 4. The highest BCUT2D eigenvalue weighted by molar-refractivity contribution is 7.80. The SMILES string of the molecule is CCN(CC)C(=S)N[C@@H]1O[C@H](CO)[C@H](O)[C@H](O)[C@H]1O. The van der Waals surface area contributed by atoms with Crippen LogP contribution in [0.4, 0.5) is 0 Å². The summed E-state index contributed by atoms with van der Waals surface area (Å²) in [7, 11) is 0. The van der Waals surface area contributed by atoms with Crippen LogP contribution in [0.5, 0.6) is 0 Å². The van der Waals surface area contributed by atoms with Crippen molar-refractivity contribution in [3.05, 3.63) is 0 Å². The predicted octanol–water partition coefficient (Wildman–Crippen LogP) is -2.00. The standard InChI is InChI=1S/C11H22N2O5S/c1-3-13(4-2)11(19)12-10-9(17)8(16)7(15)6(5-14)18-10/h6-10,14-17H,3-5H2,1-2H3,(H,12,19)/t6-,7+,8+,9-,10-/m1/s1. The van der Waals surface area contributed by atoms with Gasteiger partial charge in [-0.2, -0.15) is 0 Å². The summed E-state index contributed by atoms with van der Waals surface area (Å²) in [6, 6.07) is 0. The number of rotatable bonds is 4. The second-order valence-electron chi connectivity index (χ2n) is 4.37. The van der Waals surface area contributed by atoms with Gasteiger partial charge in [0.25, 0.3) is 0 Å². The number of ether oxygens (including phenoxy) is 1. The summed E-state index contributed by atoms with van der Waals surface area (Å²) in [5.41, 5.74) is 0. The van der Waals surface area contributed by atoms with E-state index in [9.17, 15) is 15.3 Å². The smallest absolute Gasteiger partial charge is 0.170 e. The van der Waals surface area contributed by atoms with Crippen LogP contribution in [0.2, 0.25) is 0 Å². The first-order valence-corrected chi connectivity index (χ1v) is 6.73. The van der Waals surface area contributed by atoms with Crippen molar-refractivity contribution in [2.24, 2.45) is 0 Å². The van der Waals surface area contributed by atoms with Crippen LogP contribution in [0.15, 0.2) is 0 Å². The van der Waals surface area contributed by atoms with Gasteiger partial charge in [0.05, 0.1) is 6.61 Å². The van der Waals surface area contributed by atoms with Gasteiger partial charge in [-0.3, -0.25) is 0 Å². The van der Waals surface area contributed by atoms with Gasteiger partial charge in [0.1, 0.15) is 24.4 Å². The summed E-state index contributed by atoms with van der Waals surface area (Å²) in [5, 5.41) is 41.4. The average molecular weight is 294 g/mol. The summed E-state index contributed by atoms with van der Waals surface area (Å²) < 4.78 is 5.31. The Hall–Kier alpha value is -0.510. The van der Waals surface area contributed by atoms with E-state index in [2.05, 4.69) is 5.32 Å². The van der Waals surface area contributed by atoms with Crippen molar-refractivity contribution in [3.63, 3.8) is 0 Å². The van der Waals surface area contributed by atoms with Gasteiger partial charge in [0, 0.05) is 13.1 Å². The van der Waals surface area contributed by atoms with Crippen molar-refractivity contribution in [1.29, 1.82) is 0 Å². The largest absolute Gasteiger partial charge is 0.394 e. The van der Waals surface area contributed by atoms with E-state index in [-0.39, 0.29) is 0 Å². The molecule has 0 unspecified atom stereocenters. The summed E-state index contributed by atoms with van der Waals surface area (Å²) in [5.74, 6) is 0. The lowest BCUT2D eigenvalue weighted by atomic mass is 9.98. The molecule has 19 heavy (non-hydrogen) atoms. The van der Waals surface area contributed by atoms with Crippen molar-refractivity contribution in [2.45, 2.75) is 44.5 Å². The number of thiocarbonyl (C=S) groups is 1. The lowest BCUT2D eigenvalue weighted by Gasteiger charge is -2.41. The zero-order valence-corrected chi connectivity index (χ0v) is 11.9. The first-order chi connectivity index (χ1) is 8.96. The molecule has 1 fully saturated rings. The molecule has 1 heterocycles. The molecule has 0 aromatic heterocycles. The second kappa shape index (κ2) is 7.32. The summed E-state index contributed by atoms with van der Waals surface area (Å²) >= 11 is 5.17. The molecule has 8 heteroatoms. The highest BCUT2D eigenvalue weighted by atomic mass is 32.1. The van der Waals surface area contributed by atoms with E-state index < -0.39 is 37.3 Å². The zero-order valence-electron chi connectivity index (χ0n) is 11.1. The Morgan fingerprint density at radius 3 is 2.21 bits per heavy atom. The molecule has 0 spiro atoms. The second-order valence-corrected chi connectivity index (χ2v) is 4.76. The molecule has 1 aliphatic rings. The average Bonchev–Trinajstić information content (AvgIpc) is 2.40. The highest BCUT2D eigenvalue weighted by Gasteiger charge is 2.43. The third-order valence-corrected chi connectivity index (χ3v) is 3.58. The molecular weight excluding hydrogens is 272 g/mol. The lowest BCUT2D eigenvalue weighted by Crippen LogP contribution is -2.64. The van der Waals surface area contributed by atoms with Gasteiger partial charge in [-0.05, 0) is 26.1 Å². The summed E-state index contributed by atoms with van der Waals surface area (Å²) in [6.45, 7) is 4.80. The maximum Gasteiger partial charge on any atom is 0.170 e. The Bertz CT molecular complexity index is 301. The van der Waals surface area contributed by atoms with E-state index in [1.807, 2.05) is 18.7 Å². The number of aliphatic hydroxyl groups excluding tert-OH is 4. The Labute approximate surface area is 117 Å². The van der Waals surface area contributed by atoms with Crippen LogP contribution in [0.1, 0.15) is 13.8 Å². The van der Waals surface area contributed by atoms with E-state index >= 15 is 0 Å². The third-order valence-electron chi connectivity index (χ3n) is 3.21. The minimum absolute atomic E-state index is 0.384. The Morgan fingerprint density at radius 2 is 1.74 bits per heavy atom. The Kier molecular flexibility index (Phi) is 6.37. The molecule has 0 aromatic rings. The monoisotopic (exact) mass is 294 g/mol. The lowest BCUT2D eigenvalue weighted by molar-refractivity contribution is -0.232. The van der Waals surface area contributed by atoms with E-state index in [1.165, 1.54) is 0 Å². The van der Waals surface area contributed by atoms with Gasteiger partial charge in [-0.25, -0.2) is 0 Å². The minimum Gasteiger partial charge on any atom is -0.394 e. The van der Waals surface area contributed by atoms with Crippen LogP contribution in [0, 0.1) is 0 Å². The highest BCUT2D eigenvalue weighted by Crippen LogP contribution is 2.19.